The zero-order valence-electron chi connectivity index (χ0n) is 10.7. The molecule has 94 valence electrons. The zero-order chi connectivity index (χ0) is 11.4. The van der Waals surface area contributed by atoms with Gasteiger partial charge in [-0.1, -0.05) is 6.42 Å². The summed E-state index contributed by atoms with van der Waals surface area (Å²) < 4.78 is 5.00. The highest BCUT2D eigenvalue weighted by Crippen LogP contribution is 2.56. The molecule has 2 rings (SSSR count). The van der Waals surface area contributed by atoms with Crippen molar-refractivity contribution in [3.63, 3.8) is 0 Å². The lowest BCUT2D eigenvalue weighted by Gasteiger charge is -2.15. The molecule has 0 aromatic carbocycles. The summed E-state index contributed by atoms with van der Waals surface area (Å²) in [6.07, 6.45) is 4.48. The second-order valence-corrected chi connectivity index (χ2v) is 5.43. The third-order valence-corrected chi connectivity index (χ3v) is 4.22. The van der Waals surface area contributed by atoms with E-state index in [-0.39, 0.29) is 0 Å². The predicted octanol–water partition coefficient (Wildman–Crippen LogP) is 1.25. The lowest BCUT2D eigenvalue weighted by Crippen LogP contribution is -2.38. The van der Waals surface area contributed by atoms with Gasteiger partial charge in [0.2, 0.25) is 0 Å². The van der Waals surface area contributed by atoms with Gasteiger partial charge in [-0.05, 0) is 44.1 Å². The van der Waals surface area contributed by atoms with Gasteiger partial charge >= 0.3 is 0 Å². The normalized spacial score (nSPS) is 33.8. The minimum absolute atomic E-state index is 0.582. The summed E-state index contributed by atoms with van der Waals surface area (Å²) in [5.41, 5.74) is 0. The molecule has 2 saturated carbocycles. The molecule has 3 unspecified atom stereocenters. The van der Waals surface area contributed by atoms with Crippen molar-refractivity contribution in [2.24, 2.45) is 17.8 Å². The maximum atomic E-state index is 5.00. The number of nitrogens with one attached hydrogen (secondary N) is 2. The summed E-state index contributed by atoms with van der Waals surface area (Å²) in [6.45, 7) is 6.31. The Hall–Kier alpha value is -0.120. The molecule has 0 spiro atoms. The van der Waals surface area contributed by atoms with Crippen LogP contribution < -0.4 is 10.6 Å². The van der Waals surface area contributed by atoms with E-state index in [2.05, 4.69) is 17.6 Å². The molecule has 2 fully saturated rings. The largest absolute Gasteiger partial charge is 0.383 e. The van der Waals surface area contributed by atoms with E-state index in [1.807, 2.05) is 0 Å². The third kappa shape index (κ3) is 3.19. The van der Waals surface area contributed by atoms with Crippen LogP contribution in [0.1, 0.15) is 26.2 Å². The molecule has 2 aliphatic carbocycles. The van der Waals surface area contributed by atoms with Crippen LogP contribution in [0.25, 0.3) is 0 Å². The van der Waals surface area contributed by atoms with Gasteiger partial charge in [-0.15, -0.1) is 0 Å². The van der Waals surface area contributed by atoms with Gasteiger partial charge in [-0.25, -0.2) is 0 Å². The molecule has 0 radical (unpaired) electrons. The molecule has 0 heterocycles. The van der Waals surface area contributed by atoms with E-state index >= 15 is 0 Å². The quantitative estimate of drug-likeness (QED) is 0.611. The molecule has 0 bridgehead atoms. The molecule has 3 heteroatoms. The van der Waals surface area contributed by atoms with E-state index in [0.29, 0.717) is 6.04 Å². The predicted molar refractivity (Wildman–Crippen MR) is 66.5 cm³/mol. The highest BCUT2D eigenvalue weighted by Gasteiger charge is 2.51. The minimum atomic E-state index is 0.582. The first-order chi connectivity index (χ1) is 7.83. The van der Waals surface area contributed by atoms with Crippen LogP contribution in [0.4, 0.5) is 0 Å². The summed E-state index contributed by atoms with van der Waals surface area (Å²) in [4.78, 5) is 0. The standard InChI is InChI=1S/C13H26N2O/c1-10(8-14-6-7-16-2)15-9-13-11-4-3-5-12(11)13/h10-15H,3-9H2,1-2H3. The van der Waals surface area contributed by atoms with Gasteiger partial charge in [0.1, 0.15) is 0 Å². The Kier molecular flexibility index (Phi) is 4.62. The second kappa shape index (κ2) is 5.99. The van der Waals surface area contributed by atoms with E-state index in [0.717, 1.165) is 37.5 Å². The number of rotatable bonds is 8. The van der Waals surface area contributed by atoms with Crippen molar-refractivity contribution < 1.29 is 4.74 Å². The summed E-state index contributed by atoms with van der Waals surface area (Å²) in [6, 6.07) is 0.582. The van der Waals surface area contributed by atoms with E-state index in [4.69, 9.17) is 4.74 Å². The van der Waals surface area contributed by atoms with Crippen molar-refractivity contribution >= 4 is 0 Å². The smallest absolute Gasteiger partial charge is 0.0587 e. The highest BCUT2D eigenvalue weighted by molar-refractivity contribution is 5.02. The fraction of sp³-hybridized carbons (Fsp3) is 1.00. The summed E-state index contributed by atoms with van der Waals surface area (Å²) in [5, 5.41) is 7.04. The fourth-order valence-electron chi connectivity index (χ4n) is 3.17. The lowest BCUT2D eigenvalue weighted by molar-refractivity contribution is 0.198. The Bertz CT molecular complexity index is 200. The average Bonchev–Trinajstić information content (AvgIpc) is 2.73. The van der Waals surface area contributed by atoms with E-state index < -0.39 is 0 Å². The van der Waals surface area contributed by atoms with Gasteiger partial charge in [0.05, 0.1) is 6.61 Å². The number of hydrogen-bond donors (Lipinski definition) is 2. The maximum Gasteiger partial charge on any atom is 0.0587 e. The van der Waals surface area contributed by atoms with Gasteiger partial charge in [-0.3, -0.25) is 0 Å². The van der Waals surface area contributed by atoms with Crippen molar-refractivity contribution in [1.82, 2.24) is 10.6 Å². The molecule has 3 nitrogen and oxygen atoms in total. The first kappa shape index (κ1) is 12.3. The number of fused-ring (bicyclic) bond motifs is 1. The SMILES string of the molecule is COCCNCC(C)NCC1C2CCCC21. The Labute approximate surface area is 99.3 Å². The minimum Gasteiger partial charge on any atom is -0.383 e. The molecule has 0 aliphatic heterocycles. The molecular weight excluding hydrogens is 200 g/mol. The van der Waals surface area contributed by atoms with Crippen LogP contribution >= 0.6 is 0 Å². The molecule has 3 atom stereocenters. The van der Waals surface area contributed by atoms with Crippen LogP contribution in [0.3, 0.4) is 0 Å². The molecule has 0 saturated heterocycles. The number of ether oxygens (including phenoxy) is 1. The lowest BCUT2D eigenvalue weighted by atomic mass is 10.1. The first-order valence-electron chi connectivity index (χ1n) is 6.76. The molecule has 0 aromatic heterocycles. The van der Waals surface area contributed by atoms with Crippen LogP contribution in [-0.2, 0) is 4.74 Å². The van der Waals surface area contributed by atoms with Crippen molar-refractivity contribution in [3.05, 3.63) is 0 Å². The average molecular weight is 226 g/mol. The zero-order valence-corrected chi connectivity index (χ0v) is 10.7. The summed E-state index contributed by atoms with van der Waals surface area (Å²) >= 11 is 0. The molecule has 2 N–H and O–H groups in total. The van der Waals surface area contributed by atoms with Crippen molar-refractivity contribution in [2.45, 2.75) is 32.2 Å². The van der Waals surface area contributed by atoms with Crippen molar-refractivity contribution in [3.8, 4) is 0 Å². The Morgan fingerprint density at radius 3 is 2.75 bits per heavy atom. The maximum absolute atomic E-state index is 5.00. The molecular formula is C13H26N2O. The Balaban J connectivity index is 1.47. The molecule has 0 amide bonds. The Morgan fingerprint density at radius 1 is 1.31 bits per heavy atom. The topological polar surface area (TPSA) is 33.3 Å². The van der Waals surface area contributed by atoms with E-state index in [9.17, 15) is 0 Å². The van der Waals surface area contributed by atoms with Crippen LogP contribution in [0, 0.1) is 17.8 Å². The fourth-order valence-corrected chi connectivity index (χ4v) is 3.17. The van der Waals surface area contributed by atoms with E-state index in [1.54, 1.807) is 7.11 Å². The number of methoxy groups -OCH3 is 1. The van der Waals surface area contributed by atoms with Gasteiger partial charge in [-0.2, -0.15) is 0 Å². The van der Waals surface area contributed by atoms with Crippen LogP contribution in [0.15, 0.2) is 0 Å². The Morgan fingerprint density at radius 2 is 2.06 bits per heavy atom. The molecule has 16 heavy (non-hydrogen) atoms. The van der Waals surface area contributed by atoms with Gasteiger partial charge in [0.15, 0.2) is 0 Å². The molecule has 2 aliphatic rings. The molecule has 0 aromatic rings. The van der Waals surface area contributed by atoms with Crippen LogP contribution in [-0.4, -0.2) is 39.4 Å². The van der Waals surface area contributed by atoms with Crippen molar-refractivity contribution in [1.29, 1.82) is 0 Å². The highest BCUT2D eigenvalue weighted by atomic mass is 16.5. The van der Waals surface area contributed by atoms with Crippen LogP contribution in [0.5, 0.6) is 0 Å². The summed E-state index contributed by atoms with van der Waals surface area (Å²) in [5.74, 6) is 3.18. The van der Waals surface area contributed by atoms with Gasteiger partial charge < -0.3 is 15.4 Å². The van der Waals surface area contributed by atoms with Crippen molar-refractivity contribution in [2.75, 3.05) is 33.4 Å². The second-order valence-electron chi connectivity index (χ2n) is 5.43. The van der Waals surface area contributed by atoms with Gasteiger partial charge in [0, 0.05) is 26.2 Å². The van der Waals surface area contributed by atoms with Crippen LogP contribution in [0.2, 0.25) is 0 Å². The first-order valence-corrected chi connectivity index (χ1v) is 6.76. The monoisotopic (exact) mass is 226 g/mol. The van der Waals surface area contributed by atoms with E-state index in [1.165, 1.54) is 25.8 Å². The number of hydrogen-bond acceptors (Lipinski definition) is 3. The third-order valence-electron chi connectivity index (χ3n) is 4.22. The summed E-state index contributed by atoms with van der Waals surface area (Å²) in [7, 11) is 1.75. The van der Waals surface area contributed by atoms with Gasteiger partial charge in [0.25, 0.3) is 0 Å².